The average molecular weight is 426 g/mol. The SMILES string of the molecule is CCOc1ccccc1OCC(=O)N1CCCN(C(=O)c2ccc(N(C)C)cc2)CC1. The first kappa shape index (κ1) is 22.5. The number of hydrogen-bond donors (Lipinski definition) is 0. The molecule has 1 heterocycles. The summed E-state index contributed by atoms with van der Waals surface area (Å²) in [5.41, 5.74) is 1.72. The highest BCUT2D eigenvalue weighted by atomic mass is 16.5. The monoisotopic (exact) mass is 425 g/mol. The Morgan fingerprint density at radius 1 is 0.871 bits per heavy atom. The van der Waals surface area contributed by atoms with Crippen LogP contribution in [0.4, 0.5) is 5.69 Å². The number of ether oxygens (including phenoxy) is 2. The maximum Gasteiger partial charge on any atom is 0.260 e. The fourth-order valence-electron chi connectivity index (χ4n) is 3.53. The van der Waals surface area contributed by atoms with Crippen LogP contribution in [0.5, 0.6) is 11.5 Å². The second-order valence-corrected chi connectivity index (χ2v) is 7.64. The zero-order valence-corrected chi connectivity index (χ0v) is 18.5. The highest BCUT2D eigenvalue weighted by Crippen LogP contribution is 2.26. The average Bonchev–Trinajstić information content (AvgIpc) is 3.04. The molecule has 31 heavy (non-hydrogen) atoms. The molecular formula is C24H31N3O4. The van der Waals surface area contributed by atoms with E-state index >= 15 is 0 Å². The molecule has 0 N–H and O–H groups in total. The van der Waals surface area contributed by atoms with Crippen molar-refractivity contribution in [3.8, 4) is 11.5 Å². The van der Waals surface area contributed by atoms with Crippen molar-refractivity contribution in [2.45, 2.75) is 13.3 Å². The molecule has 0 spiro atoms. The van der Waals surface area contributed by atoms with Gasteiger partial charge in [0.05, 0.1) is 6.61 Å². The molecule has 1 saturated heterocycles. The molecule has 1 aliphatic heterocycles. The summed E-state index contributed by atoms with van der Waals surface area (Å²) in [6, 6.07) is 14.9. The molecule has 0 unspecified atom stereocenters. The number of para-hydroxylation sites is 2. The number of rotatable bonds is 7. The van der Waals surface area contributed by atoms with Gasteiger partial charge in [-0.2, -0.15) is 0 Å². The molecule has 3 rings (SSSR count). The van der Waals surface area contributed by atoms with Crippen LogP contribution in [0.3, 0.4) is 0 Å². The Bertz CT molecular complexity index is 883. The van der Waals surface area contributed by atoms with Crippen molar-refractivity contribution in [2.75, 3.05) is 58.4 Å². The molecule has 0 aliphatic carbocycles. The van der Waals surface area contributed by atoms with Crippen LogP contribution in [-0.4, -0.2) is 75.1 Å². The smallest absolute Gasteiger partial charge is 0.260 e. The van der Waals surface area contributed by atoms with Gasteiger partial charge in [0.1, 0.15) is 0 Å². The number of hydrogen-bond acceptors (Lipinski definition) is 5. The van der Waals surface area contributed by atoms with E-state index in [0.717, 1.165) is 12.1 Å². The van der Waals surface area contributed by atoms with Crippen LogP contribution in [0.25, 0.3) is 0 Å². The Kier molecular flexibility index (Phi) is 7.76. The Morgan fingerprint density at radius 3 is 2.13 bits per heavy atom. The number of carbonyl (C=O) groups is 2. The van der Waals surface area contributed by atoms with Crippen molar-refractivity contribution < 1.29 is 19.1 Å². The Hall–Kier alpha value is -3.22. The molecule has 0 aromatic heterocycles. The summed E-state index contributed by atoms with van der Waals surface area (Å²) in [7, 11) is 3.94. The minimum atomic E-state index is -0.0871. The van der Waals surface area contributed by atoms with Crippen LogP contribution in [0, 0.1) is 0 Å². The van der Waals surface area contributed by atoms with Gasteiger partial charge in [0.25, 0.3) is 11.8 Å². The molecule has 1 aliphatic rings. The lowest BCUT2D eigenvalue weighted by Crippen LogP contribution is -2.39. The minimum absolute atomic E-state index is 0.00139. The normalized spacial score (nSPS) is 14.0. The first-order chi connectivity index (χ1) is 15.0. The molecular weight excluding hydrogens is 394 g/mol. The standard InChI is InChI=1S/C24H31N3O4/c1-4-30-21-8-5-6-9-22(21)31-18-23(28)26-14-7-15-27(17-16-26)24(29)19-10-12-20(13-11-19)25(2)3/h5-6,8-13H,4,7,14-18H2,1-3H3. The Balaban J connectivity index is 1.54. The third kappa shape index (κ3) is 5.90. The number of benzene rings is 2. The summed E-state index contributed by atoms with van der Waals surface area (Å²) in [4.78, 5) is 31.2. The first-order valence-corrected chi connectivity index (χ1v) is 10.7. The van der Waals surface area contributed by atoms with E-state index in [-0.39, 0.29) is 18.4 Å². The van der Waals surface area contributed by atoms with Gasteiger partial charge in [0.2, 0.25) is 0 Å². The Morgan fingerprint density at radius 2 is 1.48 bits per heavy atom. The Labute approximate surface area is 184 Å². The molecule has 7 heteroatoms. The molecule has 0 radical (unpaired) electrons. The van der Waals surface area contributed by atoms with Crippen molar-refractivity contribution in [3.63, 3.8) is 0 Å². The van der Waals surface area contributed by atoms with E-state index in [0.29, 0.717) is 49.8 Å². The van der Waals surface area contributed by atoms with Gasteiger partial charge in [-0.15, -0.1) is 0 Å². The van der Waals surface area contributed by atoms with E-state index in [1.807, 2.05) is 73.3 Å². The highest BCUT2D eigenvalue weighted by Gasteiger charge is 2.23. The van der Waals surface area contributed by atoms with E-state index < -0.39 is 0 Å². The summed E-state index contributed by atoms with van der Waals surface area (Å²) >= 11 is 0. The molecule has 1 fully saturated rings. The van der Waals surface area contributed by atoms with Crippen LogP contribution in [0.2, 0.25) is 0 Å². The zero-order valence-electron chi connectivity index (χ0n) is 18.5. The predicted octanol–water partition coefficient (Wildman–Crippen LogP) is 2.90. The van der Waals surface area contributed by atoms with Crippen LogP contribution >= 0.6 is 0 Å². The van der Waals surface area contributed by atoms with Gasteiger partial charge >= 0.3 is 0 Å². The summed E-state index contributed by atoms with van der Waals surface area (Å²) in [6.45, 7) is 4.63. The molecule has 0 saturated carbocycles. The topological polar surface area (TPSA) is 62.3 Å². The second kappa shape index (κ2) is 10.7. The van der Waals surface area contributed by atoms with Gasteiger partial charge < -0.3 is 24.2 Å². The van der Waals surface area contributed by atoms with Crippen LogP contribution in [-0.2, 0) is 4.79 Å². The molecule has 0 bridgehead atoms. The van der Waals surface area contributed by atoms with Crippen molar-refractivity contribution in [2.24, 2.45) is 0 Å². The first-order valence-electron chi connectivity index (χ1n) is 10.7. The molecule has 0 atom stereocenters. The quantitative estimate of drug-likeness (QED) is 0.683. The summed E-state index contributed by atoms with van der Waals surface area (Å²) in [5.74, 6) is 1.11. The lowest BCUT2D eigenvalue weighted by molar-refractivity contribution is -0.133. The van der Waals surface area contributed by atoms with Gasteiger partial charge in [-0.3, -0.25) is 9.59 Å². The largest absolute Gasteiger partial charge is 0.490 e. The third-order valence-corrected chi connectivity index (χ3v) is 5.27. The molecule has 2 aromatic carbocycles. The number of amides is 2. The molecule has 2 amide bonds. The molecule has 7 nitrogen and oxygen atoms in total. The molecule has 2 aromatic rings. The van der Waals surface area contributed by atoms with Gasteiger partial charge in [-0.25, -0.2) is 0 Å². The second-order valence-electron chi connectivity index (χ2n) is 7.64. The molecule has 166 valence electrons. The summed E-state index contributed by atoms with van der Waals surface area (Å²) in [6.07, 6.45) is 0.739. The lowest BCUT2D eigenvalue weighted by atomic mass is 10.1. The fourth-order valence-corrected chi connectivity index (χ4v) is 3.53. The predicted molar refractivity (Wildman–Crippen MR) is 121 cm³/mol. The number of anilines is 1. The number of carbonyl (C=O) groups excluding carboxylic acids is 2. The van der Waals surface area contributed by atoms with E-state index in [1.165, 1.54) is 0 Å². The van der Waals surface area contributed by atoms with Crippen LogP contribution < -0.4 is 14.4 Å². The maximum atomic E-state index is 12.9. The minimum Gasteiger partial charge on any atom is -0.490 e. The summed E-state index contributed by atoms with van der Waals surface area (Å²) < 4.78 is 11.3. The van der Waals surface area contributed by atoms with E-state index in [1.54, 1.807) is 11.0 Å². The fraction of sp³-hybridized carbons (Fsp3) is 0.417. The van der Waals surface area contributed by atoms with Crippen LogP contribution in [0.15, 0.2) is 48.5 Å². The van der Waals surface area contributed by atoms with Gasteiger partial charge in [0.15, 0.2) is 18.1 Å². The van der Waals surface area contributed by atoms with E-state index in [4.69, 9.17) is 9.47 Å². The van der Waals surface area contributed by atoms with E-state index in [2.05, 4.69) is 0 Å². The van der Waals surface area contributed by atoms with E-state index in [9.17, 15) is 9.59 Å². The van der Waals surface area contributed by atoms with Gasteiger partial charge in [-0.05, 0) is 49.7 Å². The van der Waals surface area contributed by atoms with Crippen molar-refractivity contribution in [3.05, 3.63) is 54.1 Å². The number of nitrogens with zero attached hydrogens (tertiary/aromatic N) is 3. The van der Waals surface area contributed by atoms with Crippen LogP contribution in [0.1, 0.15) is 23.7 Å². The summed E-state index contributed by atoms with van der Waals surface area (Å²) in [5, 5.41) is 0. The van der Waals surface area contributed by atoms with Crippen molar-refractivity contribution in [1.82, 2.24) is 9.80 Å². The van der Waals surface area contributed by atoms with Gasteiger partial charge in [0, 0.05) is 51.5 Å². The van der Waals surface area contributed by atoms with Gasteiger partial charge in [-0.1, -0.05) is 12.1 Å². The van der Waals surface area contributed by atoms with Crippen molar-refractivity contribution in [1.29, 1.82) is 0 Å². The van der Waals surface area contributed by atoms with Crippen molar-refractivity contribution >= 4 is 17.5 Å². The third-order valence-electron chi connectivity index (χ3n) is 5.27. The highest BCUT2D eigenvalue weighted by molar-refractivity contribution is 5.94. The zero-order chi connectivity index (χ0) is 22.2. The maximum absolute atomic E-state index is 12.9. The lowest BCUT2D eigenvalue weighted by Gasteiger charge is -2.23.